The standard InChI is InChI=1S/C10H6F3N5O3/c11-10(12,13)4-2-1-3-5(18(20)21)6(4)7-8(9(14)19)16-17-15-7/h1-3H,(H2,14,19)(H,15,16,17). The fraction of sp³-hybridized carbons (Fsp3) is 0.100. The number of aromatic amines is 1. The molecule has 0 aliphatic carbocycles. The third-order valence-electron chi connectivity index (χ3n) is 2.56. The van der Waals surface area contributed by atoms with E-state index in [2.05, 4.69) is 10.2 Å². The minimum absolute atomic E-state index is 0.616. The van der Waals surface area contributed by atoms with Crippen LogP contribution in [0.1, 0.15) is 16.1 Å². The Morgan fingerprint density at radius 2 is 2.00 bits per heavy atom. The van der Waals surface area contributed by atoms with Gasteiger partial charge < -0.3 is 5.73 Å². The number of carbonyl (C=O) groups excluding carboxylic acids is 1. The third kappa shape index (κ3) is 2.52. The summed E-state index contributed by atoms with van der Waals surface area (Å²) in [6.07, 6.45) is -4.88. The Balaban J connectivity index is 2.85. The molecule has 11 heteroatoms. The van der Waals surface area contributed by atoms with Crippen molar-refractivity contribution in [3.8, 4) is 11.3 Å². The molecule has 0 atom stereocenters. The minimum Gasteiger partial charge on any atom is -0.364 e. The van der Waals surface area contributed by atoms with Crippen LogP contribution in [0.2, 0.25) is 0 Å². The van der Waals surface area contributed by atoms with Gasteiger partial charge >= 0.3 is 6.18 Å². The summed E-state index contributed by atoms with van der Waals surface area (Å²) in [5.41, 5.74) is 0.695. The molecule has 21 heavy (non-hydrogen) atoms. The quantitative estimate of drug-likeness (QED) is 0.655. The highest BCUT2D eigenvalue weighted by molar-refractivity contribution is 5.98. The number of carbonyl (C=O) groups is 1. The predicted molar refractivity (Wildman–Crippen MR) is 62.0 cm³/mol. The number of benzene rings is 1. The van der Waals surface area contributed by atoms with E-state index in [1.54, 1.807) is 0 Å². The monoisotopic (exact) mass is 301 g/mol. The zero-order valence-corrected chi connectivity index (χ0v) is 10.0. The summed E-state index contributed by atoms with van der Waals surface area (Å²) in [5.74, 6) is -1.16. The number of nitrogens with two attached hydrogens (primary N) is 1. The van der Waals surface area contributed by atoms with Crippen LogP contribution in [0.5, 0.6) is 0 Å². The molecule has 0 radical (unpaired) electrons. The van der Waals surface area contributed by atoms with E-state index in [1.165, 1.54) is 0 Å². The summed E-state index contributed by atoms with van der Waals surface area (Å²) in [6.45, 7) is 0. The van der Waals surface area contributed by atoms with Crippen molar-refractivity contribution >= 4 is 11.6 Å². The molecule has 1 amide bonds. The highest BCUT2D eigenvalue weighted by atomic mass is 19.4. The number of H-pyrrole nitrogens is 1. The maximum atomic E-state index is 13.0. The summed E-state index contributed by atoms with van der Waals surface area (Å²) < 4.78 is 39.1. The largest absolute Gasteiger partial charge is 0.417 e. The Kier molecular flexibility index (Phi) is 3.33. The molecule has 1 aromatic carbocycles. The third-order valence-corrected chi connectivity index (χ3v) is 2.56. The smallest absolute Gasteiger partial charge is 0.364 e. The average Bonchev–Trinajstić information content (AvgIpc) is 2.85. The number of hydrogen-bond donors (Lipinski definition) is 2. The zero-order chi connectivity index (χ0) is 15.8. The number of primary amides is 1. The van der Waals surface area contributed by atoms with Gasteiger partial charge in [0, 0.05) is 6.07 Å². The molecule has 0 spiro atoms. The number of nitrogens with zero attached hydrogens (tertiary/aromatic N) is 3. The molecule has 0 aliphatic rings. The molecule has 0 bridgehead atoms. The maximum Gasteiger partial charge on any atom is 0.417 e. The van der Waals surface area contributed by atoms with Gasteiger partial charge in [-0.15, -0.1) is 0 Å². The summed E-state index contributed by atoms with van der Waals surface area (Å²) in [5, 5.41) is 19.6. The molecule has 1 heterocycles. The second kappa shape index (κ2) is 4.85. The topological polar surface area (TPSA) is 128 Å². The highest BCUT2D eigenvalue weighted by Crippen LogP contribution is 2.41. The lowest BCUT2D eigenvalue weighted by molar-refractivity contribution is -0.384. The SMILES string of the molecule is NC(=O)c1n[nH]nc1-c1c([N+](=O)[O-])cccc1C(F)(F)F. The number of halogens is 3. The molecule has 0 aliphatic heterocycles. The van der Waals surface area contributed by atoms with Crippen LogP contribution in [-0.4, -0.2) is 26.2 Å². The maximum absolute atomic E-state index is 13.0. The molecule has 8 nitrogen and oxygen atoms in total. The van der Waals surface area contributed by atoms with Crippen LogP contribution in [0.15, 0.2) is 18.2 Å². The molecule has 0 saturated heterocycles. The summed E-state index contributed by atoms with van der Waals surface area (Å²) in [6, 6.07) is 2.39. The Morgan fingerprint density at radius 3 is 2.52 bits per heavy atom. The summed E-state index contributed by atoms with van der Waals surface area (Å²) in [7, 11) is 0. The molecular weight excluding hydrogens is 295 g/mol. The fourth-order valence-electron chi connectivity index (χ4n) is 1.75. The van der Waals surface area contributed by atoms with Crippen LogP contribution in [0.3, 0.4) is 0 Å². The molecule has 2 rings (SSSR count). The van der Waals surface area contributed by atoms with Crippen molar-refractivity contribution in [1.29, 1.82) is 0 Å². The normalized spacial score (nSPS) is 11.4. The summed E-state index contributed by atoms with van der Waals surface area (Å²) >= 11 is 0. The minimum atomic E-state index is -4.88. The molecule has 0 unspecified atom stereocenters. The number of nitro benzene ring substituents is 1. The molecule has 0 saturated carbocycles. The number of alkyl halides is 3. The predicted octanol–water partition coefficient (Wildman–Crippen LogP) is 1.50. The molecular formula is C10H6F3N5O3. The first-order valence-electron chi connectivity index (χ1n) is 5.29. The lowest BCUT2D eigenvalue weighted by Gasteiger charge is -2.11. The number of hydrogen-bond acceptors (Lipinski definition) is 5. The highest BCUT2D eigenvalue weighted by Gasteiger charge is 2.39. The van der Waals surface area contributed by atoms with Gasteiger partial charge in [0.2, 0.25) is 0 Å². The lowest BCUT2D eigenvalue weighted by atomic mass is 10.00. The van der Waals surface area contributed by atoms with Crippen molar-refractivity contribution in [3.05, 3.63) is 39.6 Å². The first kappa shape index (κ1) is 14.4. The Bertz CT molecular complexity index is 725. The van der Waals surface area contributed by atoms with Gasteiger partial charge in [-0.25, -0.2) is 0 Å². The van der Waals surface area contributed by atoms with Gasteiger partial charge in [-0.3, -0.25) is 14.9 Å². The second-order valence-corrected chi connectivity index (χ2v) is 3.84. The van der Waals surface area contributed by atoms with E-state index in [0.29, 0.717) is 6.07 Å². The molecule has 3 N–H and O–H groups in total. The summed E-state index contributed by atoms with van der Waals surface area (Å²) in [4.78, 5) is 21.1. The van der Waals surface area contributed by atoms with E-state index >= 15 is 0 Å². The van der Waals surface area contributed by atoms with E-state index in [-0.39, 0.29) is 0 Å². The van der Waals surface area contributed by atoms with E-state index in [1.807, 2.05) is 5.21 Å². The van der Waals surface area contributed by atoms with Gasteiger partial charge in [0.05, 0.1) is 16.1 Å². The van der Waals surface area contributed by atoms with Crippen molar-refractivity contribution in [2.75, 3.05) is 0 Å². The van der Waals surface area contributed by atoms with E-state index in [0.717, 1.165) is 12.1 Å². The van der Waals surface area contributed by atoms with Crippen molar-refractivity contribution < 1.29 is 22.9 Å². The average molecular weight is 301 g/mol. The number of nitro groups is 1. The van der Waals surface area contributed by atoms with Crippen LogP contribution in [-0.2, 0) is 6.18 Å². The lowest BCUT2D eigenvalue weighted by Crippen LogP contribution is -2.15. The van der Waals surface area contributed by atoms with E-state index < -0.39 is 45.2 Å². The Morgan fingerprint density at radius 1 is 1.33 bits per heavy atom. The van der Waals surface area contributed by atoms with Crippen molar-refractivity contribution in [1.82, 2.24) is 15.4 Å². The van der Waals surface area contributed by atoms with Gasteiger partial charge in [-0.1, -0.05) is 6.07 Å². The Hall–Kier alpha value is -2.98. The van der Waals surface area contributed by atoms with Crippen molar-refractivity contribution in [2.45, 2.75) is 6.18 Å². The number of nitrogens with one attached hydrogen (secondary N) is 1. The second-order valence-electron chi connectivity index (χ2n) is 3.84. The van der Waals surface area contributed by atoms with Gasteiger partial charge in [-0.2, -0.15) is 28.6 Å². The fourth-order valence-corrected chi connectivity index (χ4v) is 1.75. The van der Waals surface area contributed by atoms with Crippen LogP contribution in [0.4, 0.5) is 18.9 Å². The number of amides is 1. The van der Waals surface area contributed by atoms with Crippen molar-refractivity contribution in [3.63, 3.8) is 0 Å². The zero-order valence-electron chi connectivity index (χ0n) is 10.0. The first-order valence-corrected chi connectivity index (χ1v) is 5.29. The van der Waals surface area contributed by atoms with E-state index in [9.17, 15) is 28.1 Å². The molecule has 0 fully saturated rings. The molecule has 2 aromatic rings. The molecule has 110 valence electrons. The number of rotatable bonds is 3. The van der Waals surface area contributed by atoms with Crippen LogP contribution >= 0.6 is 0 Å². The van der Waals surface area contributed by atoms with Gasteiger partial charge in [0.1, 0.15) is 5.69 Å². The van der Waals surface area contributed by atoms with Gasteiger partial charge in [0.25, 0.3) is 11.6 Å². The van der Waals surface area contributed by atoms with Crippen LogP contribution < -0.4 is 5.73 Å². The van der Waals surface area contributed by atoms with Crippen LogP contribution in [0.25, 0.3) is 11.3 Å². The Labute approximate surface area is 113 Å². The van der Waals surface area contributed by atoms with E-state index in [4.69, 9.17) is 5.73 Å². The van der Waals surface area contributed by atoms with Gasteiger partial charge in [0.15, 0.2) is 5.69 Å². The number of aromatic nitrogens is 3. The first-order chi connectivity index (χ1) is 9.73. The van der Waals surface area contributed by atoms with Gasteiger partial charge in [-0.05, 0) is 6.07 Å². The van der Waals surface area contributed by atoms with Crippen molar-refractivity contribution in [2.24, 2.45) is 5.73 Å². The van der Waals surface area contributed by atoms with Crippen LogP contribution in [0, 0.1) is 10.1 Å². The molecule has 1 aromatic heterocycles.